The van der Waals surface area contributed by atoms with E-state index in [-0.39, 0.29) is 82.7 Å². The van der Waals surface area contributed by atoms with Crippen molar-refractivity contribution >= 4 is 5.97 Å². The zero-order chi connectivity index (χ0) is 21.1. The van der Waals surface area contributed by atoms with Gasteiger partial charge in [0, 0.05) is 5.97 Å². The van der Waals surface area contributed by atoms with Gasteiger partial charge in [0.25, 0.3) is 0 Å². The fourth-order valence-electron chi connectivity index (χ4n) is 8.68. The largest absolute Gasteiger partial charge is 1.00 e. The monoisotopic (exact) mass is 430 g/mol. The second-order valence-corrected chi connectivity index (χ2v) is 11.4. The van der Waals surface area contributed by atoms with Gasteiger partial charge in [0.2, 0.25) is 0 Å². The maximum absolute atomic E-state index is 11.5. The number of carbonyl (C=O) groups excluding carboxylic acids is 1. The Bertz CT molecular complexity index is 643. The van der Waals surface area contributed by atoms with Crippen molar-refractivity contribution in [3.8, 4) is 0 Å². The van der Waals surface area contributed by atoms with Crippen LogP contribution in [0.5, 0.6) is 0 Å². The van der Waals surface area contributed by atoms with E-state index in [1.165, 1.54) is 0 Å². The minimum absolute atomic E-state index is 0. The predicted octanol–water partition coefficient (Wildman–Crippen LogP) is -0.882. The summed E-state index contributed by atoms with van der Waals surface area (Å²) in [5.41, 5.74) is -0.172. The molecule has 11 unspecified atom stereocenters. The number of rotatable bonds is 4. The van der Waals surface area contributed by atoms with Crippen LogP contribution in [-0.2, 0) is 4.79 Å². The molecule has 3 N–H and O–H groups in total. The third-order valence-electron chi connectivity index (χ3n) is 10.3. The molecule has 0 aromatic heterocycles. The van der Waals surface area contributed by atoms with Crippen molar-refractivity contribution in [1.82, 2.24) is 0 Å². The van der Waals surface area contributed by atoms with Crippen molar-refractivity contribution < 1.29 is 54.8 Å². The maximum Gasteiger partial charge on any atom is 1.00 e. The van der Waals surface area contributed by atoms with E-state index < -0.39 is 12.1 Å². The Morgan fingerprint density at radius 3 is 2.43 bits per heavy atom. The molecule has 4 aliphatic rings. The normalized spacial score (nSPS) is 51.1. The molecular formula is C24H39NaO5. The summed E-state index contributed by atoms with van der Waals surface area (Å²) in [6.07, 6.45) is 5.72. The van der Waals surface area contributed by atoms with Gasteiger partial charge in [0.1, 0.15) is 0 Å². The van der Waals surface area contributed by atoms with Gasteiger partial charge in [-0.3, -0.25) is 0 Å². The summed E-state index contributed by atoms with van der Waals surface area (Å²) in [6.45, 7) is 6.67. The minimum Gasteiger partial charge on any atom is -0.550 e. The Morgan fingerprint density at radius 1 is 1.07 bits per heavy atom. The Balaban J connectivity index is 0.00000256. The molecule has 0 saturated heterocycles. The van der Waals surface area contributed by atoms with Crippen LogP contribution in [-0.4, -0.2) is 39.6 Å². The topological polar surface area (TPSA) is 101 Å². The van der Waals surface area contributed by atoms with E-state index in [1.807, 2.05) is 0 Å². The molecule has 0 amide bonds. The van der Waals surface area contributed by atoms with Crippen LogP contribution in [0.15, 0.2) is 0 Å². The molecule has 5 nitrogen and oxygen atoms in total. The smallest absolute Gasteiger partial charge is 0.550 e. The molecule has 0 aliphatic heterocycles. The number of carboxylic acid groups (broad SMARTS) is 1. The van der Waals surface area contributed by atoms with Gasteiger partial charge in [0.15, 0.2) is 0 Å². The van der Waals surface area contributed by atoms with E-state index in [0.29, 0.717) is 18.3 Å². The molecule has 6 heteroatoms. The Labute approximate surface area is 203 Å². The van der Waals surface area contributed by atoms with Crippen LogP contribution in [0.25, 0.3) is 0 Å². The summed E-state index contributed by atoms with van der Waals surface area (Å²) >= 11 is 0. The Morgan fingerprint density at radius 2 is 1.77 bits per heavy atom. The quantitative estimate of drug-likeness (QED) is 0.503. The number of aliphatic hydroxyl groups excluding tert-OH is 3. The van der Waals surface area contributed by atoms with E-state index in [1.54, 1.807) is 0 Å². The van der Waals surface area contributed by atoms with Crippen molar-refractivity contribution in [3.05, 3.63) is 0 Å². The first kappa shape index (κ1) is 25.0. The van der Waals surface area contributed by atoms with Crippen LogP contribution in [0.3, 0.4) is 0 Å². The summed E-state index contributed by atoms with van der Waals surface area (Å²) in [6, 6.07) is 0. The van der Waals surface area contributed by atoms with Crippen molar-refractivity contribution in [2.75, 3.05) is 0 Å². The third-order valence-corrected chi connectivity index (χ3v) is 10.3. The van der Waals surface area contributed by atoms with E-state index in [0.717, 1.165) is 44.9 Å². The summed E-state index contributed by atoms with van der Waals surface area (Å²) in [5, 5.41) is 43.9. The van der Waals surface area contributed by atoms with Crippen LogP contribution in [0.1, 0.15) is 78.6 Å². The van der Waals surface area contributed by atoms with Crippen molar-refractivity contribution in [2.24, 2.45) is 46.3 Å². The first-order valence-corrected chi connectivity index (χ1v) is 11.8. The standard InChI is InChI=1S/C24H40O5.Na/c1-13(4-7-21(28)29)16-5-6-17-22-18(12-20(27)24(16,17)3)23(2)9-8-15(25)10-14(23)11-19(22)26;/h13-20,22,25-27H,4-12H2,1-3H3,(H,28,29);/q;+1/p-1. The molecule has 4 saturated carbocycles. The number of carboxylic acids is 1. The fraction of sp³-hybridized carbons (Fsp3) is 0.958. The molecule has 4 fully saturated rings. The first-order valence-electron chi connectivity index (χ1n) is 11.8. The molecule has 0 spiro atoms. The molecule has 0 bridgehead atoms. The average Bonchev–Trinajstić information content (AvgIpc) is 3.01. The number of fused-ring (bicyclic) bond motifs is 5. The molecular weight excluding hydrogens is 391 g/mol. The van der Waals surface area contributed by atoms with Crippen LogP contribution >= 0.6 is 0 Å². The van der Waals surface area contributed by atoms with Gasteiger partial charge in [-0.15, -0.1) is 0 Å². The number of aliphatic hydroxyl groups is 3. The SMILES string of the molecule is CC(CCC(=O)[O-])C1CCC2C3C(O)CC4CC(O)CCC4(C)C3CC(O)C12C.[Na+]. The number of aliphatic carboxylic acids is 1. The van der Waals surface area contributed by atoms with E-state index >= 15 is 0 Å². The van der Waals surface area contributed by atoms with Gasteiger partial charge < -0.3 is 25.2 Å². The van der Waals surface area contributed by atoms with E-state index in [2.05, 4.69) is 20.8 Å². The van der Waals surface area contributed by atoms with Crippen molar-refractivity contribution in [1.29, 1.82) is 0 Å². The number of hydrogen-bond acceptors (Lipinski definition) is 5. The van der Waals surface area contributed by atoms with E-state index in [4.69, 9.17) is 0 Å². The molecule has 4 aliphatic carbocycles. The van der Waals surface area contributed by atoms with Crippen LogP contribution in [0, 0.1) is 46.3 Å². The number of carbonyl (C=O) groups is 1. The molecule has 166 valence electrons. The fourth-order valence-corrected chi connectivity index (χ4v) is 8.68. The summed E-state index contributed by atoms with van der Waals surface area (Å²) in [4.78, 5) is 11.0. The van der Waals surface area contributed by atoms with Gasteiger partial charge in [-0.25, -0.2) is 0 Å². The second kappa shape index (κ2) is 8.95. The molecule has 4 rings (SSSR count). The molecule has 0 aromatic carbocycles. The number of hydrogen-bond donors (Lipinski definition) is 3. The molecule has 11 atom stereocenters. The Kier molecular flexibility index (Phi) is 7.45. The molecule has 30 heavy (non-hydrogen) atoms. The summed E-state index contributed by atoms with van der Waals surface area (Å²) < 4.78 is 0. The molecule has 0 heterocycles. The first-order chi connectivity index (χ1) is 13.6. The third kappa shape index (κ3) is 3.84. The van der Waals surface area contributed by atoms with Gasteiger partial charge in [-0.05, 0) is 104 Å². The van der Waals surface area contributed by atoms with Gasteiger partial charge in [-0.1, -0.05) is 20.8 Å². The van der Waals surface area contributed by atoms with Crippen LogP contribution in [0.4, 0.5) is 0 Å². The minimum atomic E-state index is -0.998. The van der Waals surface area contributed by atoms with Crippen molar-refractivity contribution in [2.45, 2.75) is 96.9 Å². The van der Waals surface area contributed by atoms with Crippen LogP contribution < -0.4 is 34.7 Å². The predicted molar refractivity (Wildman–Crippen MR) is 107 cm³/mol. The van der Waals surface area contributed by atoms with Crippen molar-refractivity contribution in [3.63, 3.8) is 0 Å². The Hall–Kier alpha value is 0.350. The zero-order valence-corrected chi connectivity index (χ0v) is 21.2. The van der Waals surface area contributed by atoms with Crippen LogP contribution in [0.2, 0.25) is 0 Å². The maximum atomic E-state index is 11.5. The van der Waals surface area contributed by atoms with Gasteiger partial charge in [0.05, 0.1) is 18.3 Å². The average molecular weight is 431 g/mol. The zero-order valence-electron chi connectivity index (χ0n) is 19.2. The van der Waals surface area contributed by atoms with Gasteiger partial charge >= 0.3 is 29.6 Å². The molecule has 0 aromatic rings. The second-order valence-electron chi connectivity index (χ2n) is 11.4. The summed E-state index contributed by atoms with van der Waals surface area (Å²) in [7, 11) is 0. The van der Waals surface area contributed by atoms with E-state index in [9.17, 15) is 25.2 Å². The van der Waals surface area contributed by atoms with Gasteiger partial charge in [-0.2, -0.15) is 0 Å². The summed E-state index contributed by atoms with van der Waals surface area (Å²) in [5.74, 6) is 0.635. The molecule has 0 radical (unpaired) electrons.